The summed E-state index contributed by atoms with van der Waals surface area (Å²) in [6, 6.07) is 9.32. The van der Waals surface area contributed by atoms with E-state index in [0.29, 0.717) is 28.9 Å². The number of aromatic nitrogens is 5. The number of methoxy groups -OCH3 is 3. The van der Waals surface area contributed by atoms with Crippen molar-refractivity contribution >= 4 is 5.78 Å². The molecule has 0 fully saturated rings. The van der Waals surface area contributed by atoms with Crippen LogP contribution in [-0.2, 0) is 0 Å². The number of ether oxygens (including phenoxy) is 3. The summed E-state index contributed by atoms with van der Waals surface area (Å²) in [5.41, 5.74) is 2.57. The van der Waals surface area contributed by atoms with Crippen LogP contribution in [0.3, 0.4) is 0 Å². The minimum Gasteiger partial charge on any atom is -0.493 e. The molecule has 0 spiro atoms. The first-order valence-corrected chi connectivity index (χ1v) is 8.17. The van der Waals surface area contributed by atoms with Crippen LogP contribution in [0.5, 0.6) is 17.2 Å². The maximum absolute atomic E-state index is 5.42. The molecule has 0 unspecified atom stereocenters. The Hall–Kier alpha value is -3.68. The molecule has 136 valence electrons. The lowest BCUT2D eigenvalue weighted by atomic mass is 10.1. The van der Waals surface area contributed by atoms with Gasteiger partial charge in [0.15, 0.2) is 17.3 Å². The van der Waals surface area contributed by atoms with Crippen molar-refractivity contribution in [1.29, 1.82) is 0 Å². The molecule has 3 aromatic heterocycles. The number of hydrogen-bond acceptors (Lipinski definition) is 7. The third-order valence-electron chi connectivity index (χ3n) is 4.14. The van der Waals surface area contributed by atoms with Crippen LogP contribution < -0.4 is 14.2 Å². The first-order valence-electron chi connectivity index (χ1n) is 8.17. The van der Waals surface area contributed by atoms with Crippen molar-refractivity contribution in [3.63, 3.8) is 0 Å². The summed E-state index contributed by atoms with van der Waals surface area (Å²) in [6.45, 7) is 0. The molecule has 4 rings (SSSR count). The molecule has 8 nitrogen and oxygen atoms in total. The van der Waals surface area contributed by atoms with Crippen molar-refractivity contribution in [3.8, 4) is 39.9 Å². The summed E-state index contributed by atoms with van der Waals surface area (Å²) in [6.07, 6.45) is 5.18. The van der Waals surface area contributed by atoms with E-state index in [1.165, 1.54) is 0 Å². The van der Waals surface area contributed by atoms with Crippen LogP contribution in [0.15, 0.2) is 48.9 Å². The minimum atomic E-state index is 0.494. The lowest BCUT2D eigenvalue weighted by molar-refractivity contribution is 0.324. The van der Waals surface area contributed by atoms with E-state index in [9.17, 15) is 0 Å². The molecular weight excluding hydrogens is 346 g/mol. The highest BCUT2D eigenvalue weighted by Gasteiger charge is 2.17. The molecule has 3 heterocycles. The predicted octanol–water partition coefficient (Wildman–Crippen LogP) is 2.88. The molecule has 8 heteroatoms. The Labute approximate surface area is 155 Å². The Bertz CT molecular complexity index is 1070. The van der Waals surface area contributed by atoms with E-state index in [1.54, 1.807) is 44.4 Å². The lowest BCUT2D eigenvalue weighted by Gasteiger charge is -2.12. The molecule has 0 aliphatic heterocycles. The van der Waals surface area contributed by atoms with Crippen LogP contribution in [0.25, 0.3) is 28.4 Å². The number of hydrogen-bond donors (Lipinski definition) is 0. The van der Waals surface area contributed by atoms with Gasteiger partial charge >= 0.3 is 0 Å². The Morgan fingerprint density at radius 3 is 2.15 bits per heavy atom. The topological polar surface area (TPSA) is 83.7 Å². The van der Waals surface area contributed by atoms with Crippen molar-refractivity contribution in [2.45, 2.75) is 0 Å². The minimum absolute atomic E-state index is 0.494. The highest BCUT2D eigenvalue weighted by atomic mass is 16.5. The number of benzene rings is 1. The third kappa shape index (κ3) is 2.91. The molecule has 4 aromatic rings. The molecular formula is C19H17N5O3. The first-order chi connectivity index (χ1) is 13.2. The zero-order valence-corrected chi connectivity index (χ0v) is 15.1. The highest BCUT2D eigenvalue weighted by molar-refractivity contribution is 5.68. The molecule has 0 saturated heterocycles. The number of pyridine rings is 1. The largest absolute Gasteiger partial charge is 0.493 e. The van der Waals surface area contributed by atoms with Gasteiger partial charge in [0.25, 0.3) is 5.78 Å². The molecule has 0 bridgehead atoms. The van der Waals surface area contributed by atoms with E-state index in [4.69, 9.17) is 14.2 Å². The zero-order chi connectivity index (χ0) is 18.8. The normalized spacial score (nSPS) is 10.8. The molecule has 0 amide bonds. The van der Waals surface area contributed by atoms with E-state index < -0.39 is 0 Å². The van der Waals surface area contributed by atoms with Gasteiger partial charge in [0.05, 0.1) is 27.0 Å². The second-order valence-corrected chi connectivity index (χ2v) is 5.63. The summed E-state index contributed by atoms with van der Waals surface area (Å²) >= 11 is 0. The summed E-state index contributed by atoms with van der Waals surface area (Å²) in [7, 11) is 4.71. The van der Waals surface area contributed by atoms with E-state index in [-0.39, 0.29) is 0 Å². The van der Waals surface area contributed by atoms with Gasteiger partial charge in [-0.2, -0.15) is 9.50 Å². The van der Waals surface area contributed by atoms with Gasteiger partial charge in [0.1, 0.15) is 0 Å². The molecule has 0 aliphatic rings. The Balaban J connectivity index is 1.89. The van der Waals surface area contributed by atoms with Crippen LogP contribution in [0.1, 0.15) is 0 Å². The molecule has 1 aromatic carbocycles. The molecule has 0 aliphatic carbocycles. The summed E-state index contributed by atoms with van der Waals surface area (Å²) in [4.78, 5) is 12.9. The maximum Gasteiger partial charge on any atom is 0.253 e. The van der Waals surface area contributed by atoms with Gasteiger partial charge < -0.3 is 14.2 Å². The van der Waals surface area contributed by atoms with E-state index in [1.807, 2.05) is 30.3 Å². The van der Waals surface area contributed by atoms with Gasteiger partial charge in [-0.1, -0.05) is 0 Å². The fourth-order valence-corrected chi connectivity index (χ4v) is 2.87. The second-order valence-electron chi connectivity index (χ2n) is 5.63. The number of fused-ring (bicyclic) bond motifs is 1. The van der Waals surface area contributed by atoms with Crippen LogP contribution in [-0.4, -0.2) is 45.9 Å². The Kier molecular flexibility index (Phi) is 4.29. The SMILES string of the molecule is COc1cc(-c2nc3nccc(-c4ccncc4)n3n2)cc(OC)c1OC. The van der Waals surface area contributed by atoms with Crippen molar-refractivity contribution in [2.24, 2.45) is 0 Å². The summed E-state index contributed by atoms with van der Waals surface area (Å²) in [5.74, 6) is 2.58. The number of nitrogens with zero attached hydrogens (tertiary/aromatic N) is 5. The van der Waals surface area contributed by atoms with Crippen LogP contribution in [0.4, 0.5) is 0 Å². The highest BCUT2D eigenvalue weighted by Crippen LogP contribution is 2.40. The second kappa shape index (κ2) is 6.91. The third-order valence-corrected chi connectivity index (χ3v) is 4.14. The zero-order valence-electron chi connectivity index (χ0n) is 15.1. The van der Waals surface area contributed by atoms with Crippen molar-refractivity contribution < 1.29 is 14.2 Å². The predicted molar refractivity (Wildman–Crippen MR) is 99.1 cm³/mol. The first kappa shape index (κ1) is 16.8. The maximum atomic E-state index is 5.42. The molecule has 0 saturated carbocycles. The van der Waals surface area contributed by atoms with Crippen molar-refractivity contribution in [3.05, 3.63) is 48.9 Å². The Morgan fingerprint density at radius 2 is 1.52 bits per heavy atom. The van der Waals surface area contributed by atoms with Crippen molar-refractivity contribution in [2.75, 3.05) is 21.3 Å². The van der Waals surface area contributed by atoms with Gasteiger partial charge in [-0.3, -0.25) is 4.98 Å². The lowest BCUT2D eigenvalue weighted by Crippen LogP contribution is -1.97. The van der Waals surface area contributed by atoms with Crippen LogP contribution >= 0.6 is 0 Å². The monoisotopic (exact) mass is 363 g/mol. The van der Waals surface area contributed by atoms with Crippen LogP contribution in [0.2, 0.25) is 0 Å². The van der Waals surface area contributed by atoms with Gasteiger partial charge in [0.2, 0.25) is 5.75 Å². The van der Waals surface area contributed by atoms with Gasteiger partial charge in [-0.15, -0.1) is 5.10 Å². The quantitative estimate of drug-likeness (QED) is 0.539. The summed E-state index contributed by atoms with van der Waals surface area (Å²) in [5, 5.41) is 4.64. The molecule has 27 heavy (non-hydrogen) atoms. The van der Waals surface area contributed by atoms with Crippen LogP contribution in [0, 0.1) is 0 Å². The Morgan fingerprint density at radius 1 is 0.815 bits per heavy atom. The molecule has 0 atom stereocenters. The van der Waals surface area contributed by atoms with Gasteiger partial charge in [0, 0.05) is 29.7 Å². The fraction of sp³-hybridized carbons (Fsp3) is 0.158. The van der Waals surface area contributed by atoms with Gasteiger partial charge in [-0.25, -0.2) is 4.98 Å². The molecule has 0 radical (unpaired) electrons. The van der Waals surface area contributed by atoms with E-state index in [2.05, 4.69) is 20.1 Å². The average molecular weight is 363 g/mol. The number of rotatable bonds is 5. The average Bonchev–Trinajstić information content (AvgIpc) is 3.17. The van der Waals surface area contributed by atoms with E-state index >= 15 is 0 Å². The summed E-state index contributed by atoms with van der Waals surface area (Å²) < 4.78 is 17.9. The standard InChI is InChI=1S/C19H17N5O3/c1-25-15-10-13(11-16(26-2)17(15)27-3)18-22-19-21-9-6-14(24(19)23-18)12-4-7-20-8-5-12/h4-11H,1-3H3. The van der Waals surface area contributed by atoms with E-state index in [0.717, 1.165) is 16.8 Å². The van der Waals surface area contributed by atoms with Gasteiger partial charge in [-0.05, 0) is 30.3 Å². The smallest absolute Gasteiger partial charge is 0.253 e. The van der Waals surface area contributed by atoms with Crippen molar-refractivity contribution in [1.82, 2.24) is 24.6 Å². The molecule has 0 N–H and O–H groups in total. The fourth-order valence-electron chi connectivity index (χ4n) is 2.87.